The largest absolute Gasteiger partial charge is 0.497 e. The average Bonchev–Trinajstić information content (AvgIpc) is 3.45. The van der Waals surface area contributed by atoms with Crippen LogP contribution in [0.2, 0.25) is 0 Å². The Morgan fingerprint density at radius 3 is 2.66 bits per heavy atom. The van der Waals surface area contributed by atoms with E-state index in [1.54, 1.807) is 14.2 Å². The third-order valence-electron chi connectivity index (χ3n) is 7.85. The van der Waals surface area contributed by atoms with Crippen LogP contribution in [0.3, 0.4) is 0 Å². The SMILES string of the molecule is COc1ccc(CN2C(c3ccc4[nH]ccc4c3)=NN[C@]23CC2CCC3CC2)c(OC)c1. The van der Waals surface area contributed by atoms with E-state index in [-0.39, 0.29) is 5.66 Å². The number of rotatable bonds is 5. The van der Waals surface area contributed by atoms with Crippen molar-refractivity contribution < 1.29 is 9.47 Å². The van der Waals surface area contributed by atoms with Gasteiger partial charge in [0.15, 0.2) is 5.84 Å². The maximum atomic E-state index is 5.75. The van der Waals surface area contributed by atoms with Gasteiger partial charge >= 0.3 is 0 Å². The number of hydrazone groups is 1. The number of hydrogen-bond acceptors (Lipinski definition) is 5. The molecular formula is C26H30N4O2. The van der Waals surface area contributed by atoms with Crippen LogP contribution in [0.15, 0.2) is 53.8 Å². The molecule has 6 nitrogen and oxygen atoms in total. The van der Waals surface area contributed by atoms with E-state index >= 15 is 0 Å². The molecule has 1 spiro atoms. The molecule has 2 heterocycles. The summed E-state index contributed by atoms with van der Waals surface area (Å²) in [5, 5.41) is 6.18. The standard InChI is InChI=1S/C26H30N4O2/c1-31-22-9-5-20(24(14-22)32-2)16-30-25(19-6-10-23-18(13-19)11-12-27-23)28-29-26(30)15-17-3-7-21(26)8-4-17/h5-6,9-14,17,21,27,29H,3-4,7-8,15-16H2,1-2H3/t17?,21?,26-/m1/s1. The van der Waals surface area contributed by atoms with Gasteiger partial charge < -0.3 is 19.4 Å². The first-order valence-electron chi connectivity index (χ1n) is 11.6. The van der Waals surface area contributed by atoms with E-state index in [2.05, 4.69) is 45.6 Å². The molecule has 3 aliphatic carbocycles. The zero-order valence-electron chi connectivity index (χ0n) is 18.7. The van der Waals surface area contributed by atoms with Crippen molar-refractivity contribution in [1.82, 2.24) is 15.3 Å². The van der Waals surface area contributed by atoms with Gasteiger partial charge in [-0.25, -0.2) is 0 Å². The van der Waals surface area contributed by atoms with Gasteiger partial charge in [-0.15, -0.1) is 0 Å². The van der Waals surface area contributed by atoms with Crippen LogP contribution in [0.5, 0.6) is 11.5 Å². The van der Waals surface area contributed by atoms with Crippen molar-refractivity contribution in [1.29, 1.82) is 0 Å². The zero-order chi connectivity index (χ0) is 21.7. The molecule has 0 unspecified atom stereocenters. The molecule has 2 aromatic carbocycles. The molecular weight excluding hydrogens is 400 g/mol. The van der Waals surface area contributed by atoms with Crippen LogP contribution in [0, 0.1) is 11.8 Å². The highest BCUT2D eigenvalue weighted by Crippen LogP contribution is 2.51. The first kappa shape index (κ1) is 19.5. The lowest BCUT2D eigenvalue weighted by Crippen LogP contribution is -2.63. The molecule has 2 N–H and O–H groups in total. The number of nitrogens with zero attached hydrogens (tertiary/aromatic N) is 2. The molecule has 3 saturated carbocycles. The molecule has 0 radical (unpaired) electrons. The van der Waals surface area contributed by atoms with Crippen molar-refractivity contribution in [2.45, 2.75) is 44.3 Å². The maximum absolute atomic E-state index is 5.75. The van der Waals surface area contributed by atoms with Gasteiger partial charge in [0.2, 0.25) is 0 Å². The fraction of sp³-hybridized carbons (Fsp3) is 0.423. The molecule has 1 aromatic heterocycles. The normalized spacial score (nSPS) is 26.4. The Morgan fingerprint density at radius 1 is 1.03 bits per heavy atom. The molecule has 32 heavy (non-hydrogen) atoms. The Kier molecular flexibility index (Phi) is 4.56. The summed E-state index contributed by atoms with van der Waals surface area (Å²) in [6, 6.07) is 14.8. The van der Waals surface area contributed by atoms with Crippen LogP contribution in [0.25, 0.3) is 10.9 Å². The Balaban J connectivity index is 1.42. The molecule has 3 fully saturated rings. The second-order valence-electron chi connectivity index (χ2n) is 9.44. The number of methoxy groups -OCH3 is 2. The predicted octanol–water partition coefficient (Wildman–Crippen LogP) is 4.86. The van der Waals surface area contributed by atoms with Crippen LogP contribution in [-0.4, -0.2) is 35.6 Å². The van der Waals surface area contributed by atoms with E-state index in [1.807, 2.05) is 18.3 Å². The van der Waals surface area contributed by atoms with E-state index in [1.165, 1.54) is 31.1 Å². The number of benzene rings is 2. The summed E-state index contributed by atoms with van der Waals surface area (Å²) < 4.78 is 11.2. The molecule has 6 heteroatoms. The molecule has 166 valence electrons. The summed E-state index contributed by atoms with van der Waals surface area (Å²) in [4.78, 5) is 5.82. The summed E-state index contributed by atoms with van der Waals surface area (Å²) in [6.45, 7) is 0.743. The quantitative estimate of drug-likeness (QED) is 0.607. The zero-order valence-corrected chi connectivity index (χ0v) is 18.7. The monoisotopic (exact) mass is 430 g/mol. The van der Waals surface area contributed by atoms with E-state index in [0.29, 0.717) is 5.92 Å². The first-order chi connectivity index (χ1) is 15.7. The topological polar surface area (TPSA) is 61.9 Å². The van der Waals surface area contributed by atoms with Crippen LogP contribution >= 0.6 is 0 Å². The Labute approximate surface area is 188 Å². The minimum absolute atomic E-state index is 0.117. The van der Waals surface area contributed by atoms with Gasteiger partial charge in [-0.3, -0.25) is 5.43 Å². The number of aromatic nitrogens is 1. The lowest BCUT2D eigenvalue weighted by Gasteiger charge is -2.54. The van der Waals surface area contributed by atoms with Gasteiger partial charge in [0, 0.05) is 40.2 Å². The second-order valence-corrected chi connectivity index (χ2v) is 9.44. The molecule has 4 aliphatic rings. The van der Waals surface area contributed by atoms with E-state index in [0.717, 1.165) is 52.9 Å². The Bertz CT molecular complexity index is 1180. The van der Waals surface area contributed by atoms with Crippen molar-refractivity contribution in [3.63, 3.8) is 0 Å². The molecule has 0 amide bonds. The summed E-state index contributed by atoms with van der Waals surface area (Å²) in [5.41, 5.74) is 6.99. The number of nitrogens with one attached hydrogen (secondary N) is 2. The fourth-order valence-electron chi connectivity index (χ4n) is 6.16. The third-order valence-corrected chi connectivity index (χ3v) is 7.85. The number of fused-ring (bicyclic) bond motifs is 3. The van der Waals surface area contributed by atoms with Crippen LogP contribution in [-0.2, 0) is 6.54 Å². The highest BCUT2D eigenvalue weighted by molar-refractivity contribution is 6.02. The number of H-pyrrole nitrogens is 1. The van der Waals surface area contributed by atoms with E-state index in [4.69, 9.17) is 14.6 Å². The number of amidine groups is 1. The third kappa shape index (κ3) is 2.96. The highest BCUT2D eigenvalue weighted by atomic mass is 16.5. The number of ether oxygens (including phenoxy) is 2. The number of aromatic amines is 1. The Hall–Kier alpha value is -3.15. The van der Waals surface area contributed by atoms with E-state index in [9.17, 15) is 0 Å². The second kappa shape index (κ2) is 7.47. The van der Waals surface area contributed by atoms with Crippen LogP contribution in [0.1, 0.15) is 43.2 Å². The first-order valence-corrected chi connectivity index (χ1v) is 11.6. The summed E-state index contributed by atoms with van der Waals surface area (Å²) in [6.07, 6.45) is 8.37. The van der Waals surface area contributed by atoms with Gasteiger partial charge in [0.05, 0.1) is 20.8 Å². The number of hydrogen-bond donors (Lipinski definition) is 2. The minimum Gasteiger partial charge on any atom is -0.497 e. The van der Waals surface area contributed by atoms with Crippen molar-refractivity contribution in [2.75, 3.05) is 14.2 Å². The van der Waals surface area contributed by atoms with Gasteiger partial charge in [0.25, 0.3) is 0 Å². The van der Waals surface area contributed by atoms with Gasteiger partial charge in [0.1, 0.15) is 17.2 Å². The minimum atomic E-state index is -0.117. The highest BCUT2D eigenvalue weighted by Gasteiger charge is 2.54. The lowest BCUT2D eigenvalue weighted by atomic mass is 9.63. The molecule has 3 aromatic rings. The molecule has 1 aliphatic heterocycles. The fourth-order valence-corrected chi connectivity index (χ4v) is 6.16. The summed E-state index contributed by atoms with van der Waals surface area (Å²) in [5.74, 6) is 4.07. The van der Waals surface area contributed by atoms with Crippen molar-refractivity contribution in [3.8, 4) is 11.5 Å². The molecule has 7 rings (SSSR count). The molecule has 2 bridgehead atoms. The maximum Gasteiger partial charge on any atom is 0.158 e. The van der Waals surface area contributed by atoms with Gasteiger partial charge in [-0.2, -0.15) is 5.10 Å². The smallest absolute Gasteiger partial charge is 0.158 e. The lowest BCUT2D eigenvalue weighted by molar-refractivity contribution is -0.0333. The van der Waals surface area contributed by atoms with Crippen molar-refractivity contribution in [2.24, 2.45) is 16.9 Å². The van der Waals surface area contributed by atoms with E-state index < -0.39 is 0 Å². The summed E-state index contributed by atoms with van der Waals surface area (Å²) >= 11 is 0. The average molecular weight is 431 g/mol. The van der Waals surface area contributed by atoms with Crippen LogP contribution in [0.4, 0.5) is 0 Å². The molecule has 1 atom stereocenters. The van der Waals surface area contributed by atoms with Crippen LogP contribution < -0.4 is 14.9 Å². The van der Waals surface area contributed by atoms with Crippen molar-refractivity contribution in [3.05, 3.63) is 59.8 Å². The predicted molar refractivity (Wildman–Crippen MR) is 126 cm³/mol. The van der Waals surface area contributed by atoms with Gasteiger partial charge in [-0.1, -0.05) is 0 Å². The summed E-state index contributed by atoms with van der Waals surface area (Å²) in [7, 11) is 3.42. The Morgan fingerprint density at radius 2 is 1.91 bits per heavy atom. The molecule has 0 saturated heterocycles. The van der Waals surface area contributed by atoms with Crippen molar-refractivity contribution >= 4 is 16.7 Å². The van der Waals surface area contributed by atoms with Gasteiger partial charge in [-0.05, 0) is 74.4 Å².